The summed E-state index contributed by atoms with van der Waals surface area (Å²) in [4.78, 5) is 43.2. The number of carbonyl (C=O) groups excluding carboxylic acids is 3. The minimum absolute atomic E-state index is 0.0641. The minimum atomic E-state index is -1.18. The molecule has 1 aromatic heterocycles. The number of aromatic nitrogens is 2. The van der Waals surface area contributed by atoms with E-state index in [9.17, 15) is 14.4 Å². The van der Waals surface area contributed by atoms with E-state index in [0.29, 0.717) is 35.0 Å². The van der Waals surface area contributed by atoms with E-state index in [4.69, 9.17) is 4.52 Å². The van der Waals surface area contributed by atoms with E-state index in [2.05, 4.69) is 20.8 Å². The van der Waals surface area contributed by atoms with Gasteiger partial charge in [-0.15, -0.1) is 0 Å². The molecule has 2 fully saturated rings. The van der Waals surface area contributed by atoms with Gasteiger partial charge in [0.1, 0.15) is 11.6 Å². The first-order valence-electron chi connectivity index (χ1n) is 10.4. The molecule has 2 aromatic carbocycles. The second-order valence-corrected chi connectivity index (χ2v) is 8.09. The number of imide groups is 1. The Hall–Kier alpha value is -4.01. The molecule has 0 bridgehead atoms. The van der Waals surface area contributed by atoms with Gasteiger partial charge in [0.25, 0.3) is 11.8 Å². The first-order chi connectivity index (χ1) is 15.5. The van der Waals surface area contributed by atoms with Gasteiger partial charge in [0.2, 0.25) is 11.7 Å². The van der Waals surface area contributed by atoms with Crippen LogP contribution in [0.25, 0.3) is 11.4 Å². The Kier molecular flexibility index (Phi) is 4.73. The molecule has 3 aromatic rings. The number of likely N-dealkylation sites (tertiary alicyclic amines) is 1. The van der Waals surface area contributed by atoms with Crippen molar-refractivity contribution in [3.63, 3.8) is 0 Å². The molecule has 5 rings (SSSR count). The predicted octanol–water partition coefficient (Wildman–Crippen LogP) is 2.77. The number of urea groups is 1. The summed E-state index contributed by atoms with van der Waals surface area (Å²) in [6.07, 6.45) is 1.59. The van der Waals surface area contributed by atoms with E-state index in [0.717, 1.165) is 12.8 Å². The summed E-state index contributed by atoms with van der Waals surface area (Å²) >= 11 is 0. The average molecular weight is 431 g/mol. The lowest BCUT2D eigenvalue weighted by Gasteiger charge is -2.22. The van der Waals surface area contributed by atoms with Crippen LogP contribution in [0, 0.1) is 0 Å². The molecular weight excluding hydrogens is 410 g/mol. The van der Waals surface area contributed by atoms with Crippen LogP contribution in [0.1, 0.15) is 47.6 Å². The van der Waals surface area contributed by atoms with E-state index < -0.39 is 17.5 Å². The molecule has 2 N–H and O–H groups in total. The molecule has 32 heavy (non-hydrogen) atoms. The summed E-state index contributed by atoms with van der Waals surface area (Å²) in [6, 6.07) is 15.4. The molecule has 0 spiro atoms. The Bertz CT molecular complexity index is 1210. The highest BCUT2D eigenvalue weighted by Crippen LogP contribution is 2.34. The third-order valence-corrected chi connectivity index (χ3v) is 6.00. The smallest absolute Gasteiger partial charge is 0.322 e. The Labute approximate surface area is 183 Å². The second kappa shape index (κ2) is 7.60. The highest BCUT2D eigenvalue weighted by atomic mass is 16.5. The van der Waals surface area contributed by atoms with Gasteiger partial charge >= 0.3 is 6.03 Å². The van der Waals surface area contributed by atoms with Gasteiger partial charge in [-0.25, -0.2) is 4.79 Å². The third kappa shape index (κ3) is 3.31. The van der Waals surface area contributed by atoms with Gasteiger partial charge in [-0.2, -0.15) is 4.98 Å². The standard InChI is InChI=1S/C23H21N5O4/c1-23(21(30)25-22(31)26-23)16-10-5-9-15(13-16)18-24-19(32-27-18)17-11-6-12-28(17)20(29)14-7-3-2-4-8-14/h2-5,7-10,13,17H,6,11-12H2,1H3,(H2,25,26,30,31). The molecule has 4 amide bonds. The summed E-state index contributed by atoms with van der Waals surface area (Å²) in [6.45, 7) is 2.26. The van der Waals surface area contributed by atoms with Gasteiger partial charge in [-0.05, 0) is 43.5 Å². The number of nitrogens with one attached hydrogen (secondary N) is 2. The lowest BCUT2D eigenvalue weighted by Crippen LogP contribution is -2.40. The van der Waals surface area contributed by atoms with Crippen molar-refractivity contribution in [2.24, 2.45) is 0 Å². The Morgan fingerprint density at radius 1 is 1.16 bits per heavy atom. The number of benzene rings is 2. The summed E-state index contributed by atoms with van der Waals surface area (Å²) < 4.78 is 5.54. The highest BCUT2D eigenvalue weighted by Gasteiger charge is 2.43. The van der Waals surface area contributed by atoms with Gasteiger partial charge < -0.3 is 14.7 Å². The molecule has 162 valence electrons. The van der Waals surface area contributed by atoms with E-state index in [1.807, 2.05) is 18.2 Å². The molecule has 0 radical (unpaired) electrons. The first kappa shape index (κ1) is 19.9. The van der Waals surface area contributed by atoms with Gasteiger partial charge in [-0.3, -0.25) is 14.9 Å². The van der Waals surface area contributed by atoms with Crippen LogP contribution in [-0.2, 0) is 10.3 Å². The van der Waals surface area contributed by atoms with Gasteiger partial charge in [0, 0.05) is 17.7 Å². The number of hydrogen-bond acceptors (Lipinski definition) is 6. The molecule has 0 aliphatic carbocycles. The third-order valence-electron chi connectivity index (χ3n) is 6.00. The maximum Gasteiger partial charge on any atom is 0.322 e. The molecular formula is C23H21N5O4. The Balaban J connectivity index is 1.41. The van der Waals surface area contributed by atoms with E-state index in [1.54, 1.807) is 48.2 Å². The topological polar surface area (TPSA) is 117 Å². The monoisotopic (exact) mass is 431 g/mol. The first-order valence-corrected chi connectivity index (χ1v) is 10.4. The van der Waals surface area contributed by atoms with E-state index in [-0.39, 0.29) is 11.9 Å². The van der Waals surface area contributed by atoms with Crippen molar-refractivity contribution >= 4 is 17.8 Å². The predicted molar refractivity (Wildman–Crippen MR) is 113 cm³/mol. The summed E-state index contributed by atoms with van der Waals surface area (Å²) in [5.41, 5.74) is 0.694. The molecule has 0 saturated carbocycles. The Morgan fingerprint density at radius 2 is 1.97 bits per heavy atom. The van der Waals surface area contributed by atoms with Crippen molar-refractivity contribution in [3.05, 3.63) is 71.6 Å². The lowest BCUT2D eigenvalue weighted by molar-refractivity contribution is -0.123. The fraction of sp³-hybridized carbons (Fsp3) is 0.261. The van der Waals surface area contributed by atoms with Crippen LogP contribution in [0.5, 0.6) is 0 Å². The van der Waals surface area contributed by atoms with Crippen molar-refractivity contribution < 1.29 is 18.9 Å². The Morgan fingerprint density at radius 3 is 2.72 bits per heavy atom. The van der Waals surface area contributed by atoms with Gasteiger partial charge in [0.15, 0.2) is 0 Å². The van der Waals surface area contributed by atoms with E-state index in [1.165, 1.54) is 0 Å². The quantitative estimate of drug-likeness (QED) is 0.614. The zero-order valence-corrected chi connectivity index (χ0v) is 17.4. The molecule has 9 heteroatoms. The summed E-state index contributed by atoms with van der Waals surface area (Å²) in [5.74, 6) is 0.250. The van der Waals surface area contributed by atoms with Crippen LogP contribution in [0.4, 0.5) is 4.79 Å². The van der Waals surface area contributed by atoms with E-state index >= 15 is 0 Å². The molecule has 3 heterocycles. The zero-order valence-electron chi connectivity index (χ0n) is 17.4. The number of hydrogen-bond donors (Lipinski definition) is 2. The SMILES string of the molecule is CC1(c2cccc(-c3noc(C4CCCN4C(=O)c4ccccc4)n3)c2)NC(=O)NC1=O. The fourth-order valence-electron chi connectivity index (χ4n) is 4.22. The van der Waals surface area contributed by atoms with Crippen molar-refractivity contribution in [1.29, 1.82) is 0 Å². The molecule has 9 nitrogen and oxygen atoms in total. The number of carbonyl (C=O) groups is 3. The van der Waals surface area contributed by atoms with Crippen molar-refractivity contribution in [2.45, 2.75) is 31.3 Å². The number of rotatable bonds is 4. The molecule has 2 atom stereocenters. The van der Waals surface area contributed by atoms with Crippen LogP contribution >= 0.6 is 0 Å². The average Bonchev–Trinajstić information content (AvgIpc) is 3.53. The zero-order chi connectivity index (χ0) is 22.3. The second-order valence-electron chi connectivity index (χ2n) is 8.09. The van der Waals surface area contributed by atoms with Gasteiger partial charge in [0.05, 0.1) is 0 Å². The van der Waals surface area contributed by atoms with Gasteiger partial charge in [-0.1, -0.05) is 41.6 Å². The van der Waals surface area contributed by atoms with Crippen molar-refractivity contribution in [2.75, 3.05) is 6.54 Å². The summed E-state index contributed by atoms with van der Waals surface area (Å²) in [5, 5.41) is 9.02. The van der Waals surface area contributed by atoms with Crippen LogP contribution in [0.3, 0.4) is 0 Å². The maximum absolute atomic E-state index is 13.0. The van der Waals surface area contributed by atoms with Crippen LogP contribution in [-0.4, -0.2) is 39.4 Å². The normalized spacial score (nSPS) is 22.7. The molecule has 2 aliphatic rings. The van der Waals surface area contributed by atoms with Crippen LogP contribution in [0.15, 0.2) is 59.1 Å². The van der Waals surface area contributed by atoms with Crippen molar-refractivity contribution in [3.8, 4) is 11.4 Å². The molecule has 2 saturated heterocycles. The molecule has 2 unspecified atom stereocenters. The highest BCUT2D eigenvalue weighted by molar-refractivity contribution is 6.07. The van der Waals surface area contributed by atoms with Crippen molar-refractivity contribution in [1.82, 2.24) is 25.7 Å². The number of nitrogens with zero attached hydrogens (tertiary/aromatic N) is 3. The fourth-order valence-corrected chi connectivity index (χ4v) is 4.22. The van der Waals surface area contributed by atoms with Crippen LogP contribution < -0.4 is 10.6 Å². The number of amides is 4. The molecule has 2 aliphatic heterocycles. The summed E-state index contributed by atoms with van der Waals surface area (Å²) in [7, 11) is 0. The maximum atomic E-state index is 13.0. The van der Waals surface area contributed by atoms with Crippen LogP contribution in [0.2, 0.25) is 0 Å². The lowest BCUT2D eigenvalue weighted by atomic mass is 9.91. The largest absolute Gasteiger partial charge is 0.337 e. The minimum Gasteiger partial charge on any atom is -0.337 e.